The molecule has 0 amide bonds. The summed E-state index contributed by atoms with van der Waals surface area (Å²) in [6.45, 7) is 5.16. The minimum absolute atomic E-state index is 0.290. The topological polar surface area (TPSA) is 44.1 Å². The van der Waals surface area contributed by atoms with E-state index in [-0.39, 0.29) is 5.97 Å². The van der Waals surface area contributed by atoms with Crippen molar-refractivity contribution in [1.29, 1.82) is 0 Å². The van der Waals surface area contributed by atoms with Crippen molar-refractivity contribution in [3.05, 3.63) is 18.0 Å². The Labute approximate surface area is 77.5 Å². The summed E-state index contributed by atoms with van der Waals surface area (Å²) < 4.78 is 6.64. The second kappa shape index (κ2) is 4.64. The minimum Gasteiger partial charge on any atom is -0.462 e. The molecule has 0 fully saturated rings. The number of nitrogens with zero attached hydrogens (tertiary/aromatic N) is 2. The summed E-state index contributed by atoms with van der Waals surface area (Å²) in [6, 6.07) is 0. The molecule has 0 spiro atoms. The Kier molecular flexibility index (Phi) is 3.49. The number of rotatable bonds is 4. The molecule has 1 aromatic rings. The molecule has 0 N–H and O–H groups in total. The van der Waals surface area contributed by atoms with E-state index in [1.165, 1.54) is 6.20 Å². The number of esters is 1. The Morgan fingerprint density at radius 3 is 2.92 bits per heavy atom. The molecular formula is C9H14N2O2. The summed E-state index contributed by atoms with van der Waals surface area (Å²) in [5.74, 6) is -0.290. The highest BCUT2D eigenvalue weighted by molar-refractivity contribution is 5.88. The lowest BCUT2D eigenvalue weighted by molar-refractivity contribution is 0.0505. The van der Waals surface area contributed by atoms with Crippen LogP contribution in [0.15, 0.2) is 12.4 Å². The zero-order chi connectivity index (χ0) is 9.68. The van der Waals surface area contributed by atoms with E-state index in [9.17, 15) is 4.79 Å². The van der Waals surface area contributed by atoms with Gasteiger partial charge in [0.25, 0.3) is 0 Å². The van der Waals surface area contributed by atoms with Crippen LogP contribution in [0.1, 0.15) is 30.6 Å². The maximum absolute atomic E-state index is 11.3. The molecule has 0 aromatic carbocycles. The molecule has 0 unspecified atom stereocenters. The maximum atomic E-state index is 11.3. The molecule has 0 atom stereocenters. The lowest BCUT2D eigenvalue weighted by Gasteiger charge is -1.98. The number of hydrogen-bond acceptors (Lipinski definition) is 3. The Hall–Kier alpha value is -1.32. The van der Waals surface area contributed by atoms with Crippen LogP contribution >= 0.6 is 0 Å². The SMILES string of the molecule is CCCOC(=O)c1cnn(CC)c1. The average molecular weight is 182 g/mol. The van der Waals surface area contributed by atoms with Crippen LogP contribution in [0.2, 0.25) is 0 Å². The van der Waals surface area contributed by atoms with E-state index in [4.69, 9.17) is 4.74 Å². The Bertz CT molecular complexity index is 281. The molecule has 4 heteroatoms. The van der Waals surface area contributed by atoms with Gasteiger partial charge in [-0.25, -0.2) is 4.79 Å². The molecule has 13 heavy (non-hydrogen) atoms. The van der Waals surface area contributed by atoms with Crippen LogP contribution in [0.25, 0.3) is 0 Å². The van der Waals surface area contributed by atoms with E-state index in [1.54, 1.807) is 10.9 Å². The molecular weight excluding hydrogens is 168 g/mol. The van der Waals surface area contributed by atoms with E-state index in [2.05, 4.69) is 5.10 Å². The molecule has 0 saturated heterocycles. The van der Waals surface area contributed by atoms with E-state index in [0.29, 0.717) is 12.2 Å². The largest absolute Gasteiger partial charge is 0.462 e. The molecule has 1 heterocycles. The van der Waals surface area contributed by atoms with E-state index in [1.807, 2.05) is 13.8 Å². The van der Waals surface area contributed by atoms with Crippen molar-refractivity contribution < 1.29 is 9.53 Å². The summed E-state index contributed by atoms with van der Waals surface area (Å²) >= 11 is 0. The third-order valence-corrected chi connectivity index (χ3v) is 1.63. The number of aromatic nitrogens is 2. The molecule has 0 aliphatic rings. The van der Waals surface area contributed by atoms with E-state index < -0.39 is 0 Å². The molecule has 0 aliphatic carbocycles. The van der Waals surface area contributed by atoms with Crippen molar-refractivity contribution in [3.63, 3.8) is 0 Å². The first-order valence-corrected chi connectivity index (χ1v) is 4.47. The predicted octanol–water partition coefficient (Wildman–Crippen LogP) is 1.47. The summed E-state index contributed by atoms with van der Waals surface area (Å²) in [5.41, 5.74) is 0.523. The van der Waals surface area contributed by atoms with Crippen molar-refractivity contribution in [2.75, 3.05) is 6.61 Å². The van der Waals surface area contributed by atoms with Gasteiger partial charge in [0.15, 0.2) is 0 Å². The standard InChI is InChI=1S/C9H14N2O2/c1-3-5-13-9(12)8-6-10-11(4-2)7-8/h6-7H,3-5H2,1-2H3. The van der Waals surface area contributed by atoms with Gasteiger partial charge >= 0.3 is 5.97 Å². The van der Waals surface area contributed by atoms with Crippen LogP contribution in [-0.4, -0.2) is 22.4 Å². The highest BCUT2D eigenvalue weighted by atomic mass is 16.5. The van der Waals surface area contributed by atoms with Crippen LogP contribution in [-0.2, 0) is 11.3 Å². The Morgan fingerprint density at radius 2 is 2.38 bits per heavy atom. The number of ether oxygens (including phenoxy) is 1. The second-order valence-corrected chi connectivity index (χ2v) is 2.72. The molecule has 72 valence electrons. The van der Waals surface area contributed by atoms with Gasteiger partial charge in [-0.05, 0) is 13.3 Å². The van der Waals surface area contributed by atoms with Gasteiger partial charge in [-0.3, -0.25) is 4.68 Å². The van der Waals surface area contributed by atoms with Crippen LogP contribution in [0.4, 0.5) is 0 Å². The van der Waals surface area contributed by atoms with E-state index >= 15 is 0 Å². The predicted molar refractivity (Wildman–Crippen MR) is 48.5 cm³/mol. The second-order valence-electron chi connectivity index (χ2n) is 2.72. The zero-order valence-corrected chi connectivity index (χ0v) is 7.99. The monoisotopic (exact) mass is 182 g/mol. The molecule has 0 aliphatic heterocycles. The van der Waals surface area contributed by atoms with Crippen molar-refractivity contribution in [1.82, 2.24) is 9.78 Å². The summed E-state index contributed by atoms with van der Waals surface area (Å²) in [6.07, 6.45) is 4.06. The van der Waals surface area contributed by atoms with Gasteiger partial charge in [-0.15, -0.1) is 0 Å². The molecule has 1 aromatic heterocycles. The fourth-order valence-corrected chi connectivity index (χ4v) is 0.920. The third kappa shape index (κ3) is 2.57. The van der Waals surface area contributed by atoms with Gasteiger partial charge in [0, 0.05) is 12.7 Å². The third-order valence-electron chi connectivity index (χ3n) is 1.63. The molecule has 0 saturated carbocycles. The van der Waals surface area contributed by atoms with Crippen molar-refractivity contribution in [2.45, 2.75) is 26.8 Å². The fourth-order valence-electron chi connectivity index (χ4n) is 0.920. The number of carbonyl (C=O) groups is 1. The van der Waals surface area contributed by atoms with Crippen molar-refractivity contribution in [2.24, 2.45) is 0 Å². The van der Waals surface area contributed by atoms with Gasteiger partial charge in [0.2, 0.25) is 0 Å². The Balaban J connectivity index is 2.55. The molecule has 1 rings (SSSR count). The highest BCUT2D eigenvalue weighted by Gasteiger charge is 2.08. The average Bonchev–Trinajstić information content (AvgIpc) is 2.62. The zero-order valence-electron chi connectivity index (χ0n) is 7.99. The van der Waals surface area contributed by atoms with Gasteiger partial charge in [0.05, 0.1) is 18.4 Å². The van der Waals surface area contributed by atoms with Gasteiger partial charge in [-0.2, -0.15) is 5.10 Å². The number of carbonyl (C=O) groups excluding carboxylic acids is 1. The highest BCUT2D eigenvalue weighted by Crippen LogP contribution is 2.00. The lowest BCUT2D eigenvalue weighted by atomic mass is 10.4. The number of hydrogen-bond donors (Lipinski definition) is 0. The summed E-state index contributed by atoms with van der Waals surface area (Å²) in [5, 5.41) is 3.98. The first-order chi connectivity index (χ1) is 6.27. The minimum atomic E-state index is -0.290. The van der Waals surface area contributed by atoms with Crippen LogP contribution in [0, 0.1) is 0 Å². The lowest BCUT2D eigenvalue weighted by Crippen LogP contribution is -2.04. The van der Waals surface area contributed by atoms with E-state index in [0.717, 1.165) is 13.0 Å². The first kappa shape index (κ1) is 9.77. The van der Waals surface area contributed by atoms with Gasteiger partial charge in [0.1, 0.15) is 0 Å². The molecule has 4 nitrogen and oxygen atoms in total. The van der Waals surface area contributed by atoms with Gasteiger partial charge < -0.3 is 4.74 Å². The van der Waals surface area contributed by atoms with Crippen LogP contribution in [0.3, 0.4) is 0 Å². The first-order valence-electron chi connectivity index (χ1n) is 4.47. The summed E-state index contributed by atoms with van der Waals surface area (Å²) in [7, 11) is 0. The molecule has 0 bridgehead atoms. The number of aryl methyl sites for hydroxylation is 1. The Morgan fingerprint density at radius 1 is 1.62 bits per heavy atom. The fraction of sp³-hybridized carbons (Fsp3) is 0.556. The smallest absolute Gasteiger partial charge is 0.341 e. The maximum Gasteiger partial charge on any atom is 0.341 e. The van der Waals surface area contributed by atoms with Crippen molar-refractivity contribution in [3.8, 4) is 0 Å². The normalized spacial score (nSPS) is 10.0. The quantitative estimate of drug-likeness (QED) is 0.662. The molecule has 0 radical (unpaired) electrons. The van der Waals surface area contributed by atoms with Crippen LogP contribution < -0.4 is 0 Å². The van der Waals surface area contributed by atoms with Crippen LogP contribution in [0.5, 0.6) is 0 Å². The van der Waals surface area contributed by atoms with Crippen molar-refractivity contribution >= 4 is 5.97 Å². The van der Waals surface area contributed by atoms with Gasteiger partial charge in [-0.1, -0.05) is 6.92 Å². The summed E-state index contributed by atoms with van der Waals surface area (Å²) in [4.78, 5) is 11.3.